The van der Waals surface area contributed by atoms with Crippen LogP contribution in [0, 0.1) is 0 Å². The van der Waals surface area contributed by atoms with Crippen molar-refractivity contribution in [2.45, 2.75) is 19.4 Å². The molecule has 1 aliphatic heterocycles. The maximum Gasteiger partial charge on any atom is 0.221 e. The monoisotopic (exact) mass is 355 g/mol. The standard InChI is InChI=1S/C15H12Cl3N3O/c16-8-3-5-21-11(6-8)10(7-12(19)22)13(17)14(21)9-2-1-4-20-15(9)18/h1-2,4,6H,3,5,7H2,(H2,19,22). The van der Waals surface area contributed by atoms with E-state index in [0.29, 0.717) is 28.7 Å². The second-order valence-corrected chi connectivity index (χ2v) is 6.23. The van der Waals surface area contributed by atoms with Crippen molar-refractivity contribution in [3.63, 3.8) is 0 Å². The van der Waals surface area contributed by atoms with Gasteiger partial charge in [-0.25, -0.2) is 4.98 Å². The quantitative estimate of drug-likeness (QED) is 0.849. The minimum absolute atomic E-state index is 0.0483. The van der Waals surface area contributed by atoms with E-state index in [2.05, 4.69) is 4.98 Å². The summed E-state index contributed by atoms with van der Waals surface area (Å²) in [6, 6.07) is 3.63. The van der Waals surface area contributed by atoms with Gasteiger partial charge in [-0.3, -0.25) is 4.79 Å². The molecule has 22 heavy (non-hydrogen) atoms. The third kappa shape index (κ3) is 2.62. The number of rotatable bonds is 3. The molecule has 2 aromatic heterocycles. The summed E-state index contributed by atoms with van der Waals surface area (Å²) in [5.74, 6) is -0.450. The molecule has 114 valence electrons. The van der Waals surface area contributed by atoms with E-state index in [1.807, 2.05) is 16.7 Å². The molecule has 1 amide bonds. The molecule has 3 rings (SSSR count). The molecule has 2 aromatic rings. The van der Waals surface area contributed by atoms with Gasteiger partial charge in [0.05, 0.1) is 17.1 Å². The van der Waals surface area contributed by atoms with E-state index >= 15 is 0 Å². The Bertz CT molecular complexity index is 796. The Morgan fingerprint density at radius 2 is 2.14 bits per heavy atom. The Labute approximate surface area is 142 Å². The first-order chi connectivity index (χ1) is 10.5. The zero-order valence-electron chi connectivity index (χ0n) is 11.4. The van der Waals surface area contributed by atoms with Crippen molar-refractivity contribution in [1.82, 2.24) is 9.55 Å². The highest BCUT2D eigenvalue weighted by Crippen LogP contribution is 2.41. The molecule has 0 radical (unpaired) electrons. The van der Waals surface area contributed by atoms with Crippen molar-refractivity contribution >= 4 is 46.8 Å². The van der Waals surface area contributed by atoms with Gasteiger partial charge in [0.1, 0.15) is 5.15 Å². The number of carbonyl (C=O) groups is 1. The number of nitrogens with two attached hydrogens (primary N) is 1. The molecule has 4 nitrogen and oxygen atoms in total. The Hall–Kier alpha value is -1.49. The predicted octanol–water partition coefficient (Wildman–Crippen LogP) is 3.87. The molecule has 3 heterocycles. The minimum atomic E-state index is -0.450. The highest BCUT2D eigenvalue weighted by atomic mass is 35.5. The maximum absolute atomic E-state index is 11.4. The molecule has 0 saturated carbocycles. The zero-order chi connectivity index (χ0) is 15.9. The molecule has 7 heteroatoms. The first-order valence-corrected chi connectivity index (χ1v) is 7.78. The highest BCUT2D eigenvalue weighted by molar-refractivity contribution is 6.37. The topological polar surface area (TPSA) is 60.9 Å². The van der Waals surface area contributed by atoms with Crippen LogP contribution < -0.4 is 5.73 Å². The van der Waals surface area contributed by atoms with Gasteiger partial charge in [0.15, 0.2) is 0 Å². The van der Waals surface area contributed by atoms with E-state index in [0.717, 1.165) is 22.0 Å². The molecule has 1 aliphatic rings. The van der Waals surface area contributed by atoms with Gasteiger partial charge < -0.3 is 10.3 Å². The SMILES string of the molecule is NC(=O)Cc1c(Cl)c(-c2cccnc2Cl)n2c1C=C(Cl)CC2. The van der Waals surface area contributed by atoms with Crippen LogP contribution in [0.5, 0.6) is 0 Å². The molecule has 0 fully saturated rings. The van der Waals surface area contributed by atoms with E-state index in [1.54, 1.807) is 12.3 Å². The lowest BCUT2D eigenvalue weighted by atomic mass is 10.1. The normalized spacial score (nSPS) is 13.7. The van der Waals surface area contributed by atoms with Crippen molar-refractivity contribution in [2.75, 3.05) is 0 Å². The van der Waals surface area contributed by atoms with Gasteiger partial charge in [0, 0.05) is 41.0 Å². The average molecular weight is 357 g/mol. The van der Waals surface area contributed by atoms with Crippen LogP contribution in [0.2, 0.25) is 10.2 Å². The summed E-state index contributed by atoms with van der Waals surface area (Å²) in [6.45, 7) is 0.656. The zero-order valence-corrected chi connectivity index (χ0v) is 13.7. The second-order valence-electron chi connectivity index (χ2n) is 5.00. The number of hydrogen-bond donors (Lipinski definition) is 1. The highest BCUT2D eigenvalue weighted by Gasteiger charge is 2.26. The minimum Gasteiger partial charge on any atom is -0.369 e. The lowest BCUT2D eigenvalue weighted by Gasteiger charge is -2.17. The van der Waals surface area contributed by atoms with Gasteiger partial charge in [-0.1, -0.05) is 34.8 Å². The van der Waals surface area contributed by atoms with E-state index in [-0.39, 0.29) is 6.42 Å². The number of allylic oxidation sites excluding steroid dienone is 1. The number of aromatic nitrogens is 2. The van der Waals surface area contributed by atoms with Gasteiger partial charge in [0.25, 0.3) is 0 Å². The van der Waals surface area contributed by atoms with Gasteiger partial charge in [-0.15, -0.1) is 0 Å². The molecule has 0 aliphatic carbocycles. The number of carbonyl (C=O) groups excluding carboxylic acids is 1. The molecule has 2 N–H and O–H groups in total. The van der Waals surface area contributed by atoms with Gasteiger partial charge in [-0.2, -0.15) is 0 Å². The van der Waals surface area contributed by atoms with Crippen LogP contribution in [0.1, 0.15) is 17.7 Å². The van der Waals surface area contributed by atoms with Crippen molar-refractivity contribution in [1.29, 1.82) is 0 Å². The first-order valence-electron chi connectivity index (χ1n) is 6.65. The van der Waals surface area contributed by atoms with Crippen LogP contribution >= 0.6 is 34.8 Å². The largest absolute Gasteiger partial charge is 0.369 e. The fourth-order valence-corrected chi connectivity index (χ4v) is 3.43. The third-order valence-electron chi connectivity index (χ3n) is 3.58. The maximum atomic E-state index is 11.4. The molecular weight excluding hydrogens is 345 g/mol. The van der Waals surface area contributed by atoms with Crippen molar-refractivity contribution in [2.24, 2.45) is 5.73 Å². The third-order valence-corrected chi connectivity index (χ3v) is 4.58. The fourth-order valence-electron chi connectivity index (χ4n) is 2.66. The Morgan fingerprint density at radius 1 is 1.36 bits per heavy atom. The predicted molar refractivity (Wildman–Crippen MR) is 89.0 cm³/mol. The summed E-state index contributed by atoms with van der Waals surface area (Å²) in [5, 5.41) is 1.54. The molecule has 0 spiro atoms. The number of hydrogen-bond acceptors (Lipinski definition) is 2. The van der Waals surface area contributed by atoms with E-state index < -0.39 is 5.91 Å². The lowest BCUT2D eigenvalue weighted by molar-refractivity contribution is -0.117. The van der Waals surface area contributed by atoms with Crippen LogP contribution in [0.15, 0.2) is 23.4 Å². The average Bonchev–Trinajstić information content (AvgIpc) is 2.72. The van der Waals surface area contributed by atoms with Crippen LogP contribution in [0.25, 0.3) is 17.3 Å². The molecule has 0 aromatic carbocycles. The Balaban J connectivity index is 2.28. The van der Waals surface area contributed by atoms with Crippen LogP contribution in [0.3, 0.4) is 0 Å². The Morgan fingerprint density at radius 3 is 2.82 bits per heavy atom. The number of pyridine rings is 1. The van der Waals surface area contributed by atoms with E-state index in [9.17, 15) is 4.79 Å². The molecule has 0 atom stereocenters. The van der Waals surface area contributed by atoms with Crippen molar-refractivity contribution < 1.29 is 4.79 Å². The number of halogens is 3. The molecule has 0 bridgehead atoms. The van der Waals surface area contributed by atoms with Crippen molar-refractivity contribution in [3.05, 3.63) is 44.8 Å². The van der Waals surface area contributed by atoms with E-state index in [1.165, 1.54) is 0 Å². The number of fused-ring (bicyclic) bond motifs is 1. The lowest BCUT2D eigenvalue weighted by Crippen LogP contribution is -2.15. The molecule has 0 unspecified atom stereocenters. The summed E-state index contributed by atoms with van der Waals surface area (Å²) >= 11 is 18.9. The smallest absolute Gasteiger partial charge is 0.221 e. The Kier molecular flexibility index (Phi) is 4.17. The summed E-state index contributed by atoms with van der Waals surface area (Å²) in [5.41, 5.74) is 8.27. The first kappa shape index (κ1) is 15.4. The van der Waals surface area contributed by atoms with Gasteiger partial charge in [-0.05, 0) is 18.2 Å². The van der Waals surface area contributed by atoms with Gasteiger partial charge >= 0.3 is 0 Å². The summed E-state index contributed by atoms with van der Waals surface area (Å²) in [4.78, 5) is 15.5. The summed E-state index contributed by atoms with van der Waals surface area (Å²) in [7, 11) is 0. The number of primary amides is 1. The fraction of sp³-hybridized carbons (Fsp3) is 0.200. The second kappa shape index (κ2) is 5.95. The molecular formula is C15H12Cl3N3O. The number of amides is 1. The summed E-state index contributed by atoms with van der Waals surface area (Å²) < 4.78 is 2.01. The van der Waals surface area contributed by atoms with E-state index in [4.69, 9.17) is 40.5 Å². The number of nitrogens with zero attached hydrogens (tertiary/aromatic N) is 2. The molecule has 0 saturated heterocycles. The van der Waals surface area contributed by atoms with Crippen LogP contribution in [0.4, 0.5) is 0 Å². The van der Waals surface area contributed by atoms with Crippen LogP contribution in [-0.4, -0.2) is 15.5 Å². The van der Waals surface area contributed by atoms with Crippen LogP contribution in [-0.2, 0) is 17.8 Å². The van der Waals surface area contributed by atoms with Gasteiger partial charge in [0.2, 0.25) is 5.91 Å². The van der Waals surface area contributed by atoms with Crippen molar-refractivity contribution in [3.8, 4) is 11.3 Å². The summed E-state index contributed by atoms with van der Waals surface area (Å²) in [6.07, 6.45) is 4.18.